The molecule has 1 aromatic heterocycles. The first-order valence-corrected chi connectivity index (χ1v) is 6.28. The number of esters is 1. The van der Waals surface area contributed by atoms with Gasteiger partial charge < -0.3 is 9.64 Å². The van der Waals surface area contributed by atoms with Crippen LogP contribution in [0.5, 0.6) is 0 Å². The molecule has 20 heavy (non-hydrogen) atoms. The van der Waals surface area contributed by atoms with Crippen molar-refractivity contribution < 1.29 is 14.3 Å². The second-order valence-corrected chi connectivity index (χ2v) is 4.61. The van der Waals surface area contributed by atoms with Crippen molar-refractivity contribution in [2.45, 2.75) is 0 Å². The lowest BCUT2D eigenvalue weighted by Crippen LogP contribution is -2.33. The van der Waals surface area contributed by atoms with E-state index in [1.165, 1.54) is 19.1 Å². The number of benzene rings is 1. The average Bonchev–Trinajstić information content (AvgIpc) is 2.46. The zero-order valence-electron chi connectivity index (χ0n) is 11.1. The number of methoxy groups -OCH3 is 1. The molecule has 2 aromatic rings. The average molecular weight is 293 g/mol. The normalized spacial score (nSPS) is 10.3. The van der Waals surface area contributed by atoms with Crippen molar-refractivity contribution in [2.24, 2.45) is 0 Å². The van der Waals surface area contributed by atoms with Gasteiger partial charge in [0, 0.05) is 12.4 Å². The van der Waals surface area contributed by atoms with Crippen LogP contribution in [0.15, 0.2) is 30.3 Å². The van der Waals surface area contributed by atoms with Crippen molar-refractivity contribution in [3.8, 4) is 0 Å². The Bertz CT molecular complexity index is 673. The van der Waals surface area contributed by atoms with E-state index in [1.807, 2.05) is 24.3 Å². The molecule has 104 valence electrons. The van der Waals surface area contributed by atoms with Gasteiger partial charge in [0.25, 0.3) is 5.91 Å². The summed E-state index contributed by atoms with van der Waals surface area (Å²) in [5.41, 5.74) is 0.195. The fourth-order valence-corrected chi connectivity index (χ4v) is 2.05. The number of carbonyl (C=O) groups is 2. The van der Waals surface area contributed by atoms with Crippen molar-refractivity contribution in [3.63, 3.8) is 0 Å². The number of hydrogen-bond donors (Lipinski definition) is 0. The number of fused-ring (bicyclic) bond motifs is 1. The first kappa shape index (κ1) is 14.3. The number of likely N-dealkylation sites (N-methyl/N-ethyl adjacent to an activating group) is 1. The van der Waals surface area contributed by atoms with Crippen LogP contribution in [0.1, 0.15) is 10.5 Å². The van der Waals surface area contributed by atoms with Crippen LogP contribution < -0.4 is 0 Å². The van der Waals surface area contributed by atoms with Crippen LogP contribution in [0.4, 0.5) is 0 Å². The molecule has 0 aliphatic heterocycles. The molecule has 0 saturated carbocycles. The van der Waals surface area contributed by atoms with E-state index in [0.29, 0.717) is 0 Å². The number of ether oxygens (including phenoxy) is 1. The highest BCUT2D eigenvalue weighted by Gasteiger charge is 2.18. The molecule has 0 saturated heterocycles. The molecular formula is C14H13ClN2O3. The van der Waals surface area contributed by atoms with Gasteiger partial charge in [0.1, 0.15) is 17.4 Å². The molecule has 0 atom stereocenters. The Balaban J connectivity index is 2.33. The van der Waals surface area contributed by atoms with Crippen molar-refractivity contribution in [1.29, 1.82) is 0 Å². The summed E-state index contributed by atoms with van der Waals surface area (Å²) in [5, 5.41) is 1.86. The smallest absolute Gasteiger partial charge is 0.325 e. The van der Waals surface area contributed by atoms with Gasteiger partial charge in [-0.3, -0.25) is 9.59 Å². The zero-order valence-corrected chi connectivity index (χ0v) is 11.8. The molecule has 6 heteroatoms. The number of hydrogen-bond acceptors (Lipinski definition) is 4. The van der Waals surface area contributed by atoms with Crippen LogP contribution >= 0.6 is 11.6 Å². The molecule has 1 aromatic carbocycles. The van der Waals surface area contributed by atoms with E-state index < -0.39 is 5.97 Å². The van der Waals surface area contributed by atoms with Crippen LogP contribution in [-0.2, 0) is 9.53 Å². The summed E-state index contributed by atoms with van der Waals surface area (Å²) in [7, 11) is 2.77. The summed E-state index contributed by atoms with van der Waals surface area (Å²) >= 11 is 6.07. The third kappa shape index (κ3) is 2.88. The van der Waals surface area contributed by atoms with Gasteiger partial charge in [-0.25, -0.2) is 4.98 Å². The predicted octanol–water partition coefficient (Wildman–Crippen LogP) is 2.13. The van der Waals surface area contributed by atoms with E-state index in [4.69, 9.17) is 11.6 Å². The highest BCUT2D eigenvalue weighted by molar-refractivity contribution is 6.34. The van der Waals surface area contributed by atoms with E-state index in [9.17, 15) is 9.59 Å². The molecule has 0 fully saturated rings. The SMILES string of the molecule is COC(=O)CN(C)C(=O)c1cc2ccccc2c(Cl)n1. The molecule has 0 spiro atoms. The van der Waals surface area contributed by atoms with Gasteiger partial charge in [-0.1, -0.05) is 35.9 Å². The molecular weight excluding hydrogens is 280 g/mol. The van der Waals surface area contributed by atoms with Crippen molar-refractivity contribution >= 4 is 34.2 Å². The fraction of sp³-hybridized carbons (Fsp3) is 0.214. The summed E-state index contributed by atoms with van der Waals surface area (Å²) in [6.07, 6.45) is 0. The second-order valence-electron chi connectivity index (χ2n) is 4.26. The molecule has 0 aliphatic rings. The summed E-state index contributed by atoms with van der Waals surface area (Å²) < 4.78 is 4.52. The third-order valence-electron chi connectivity index (χ3n) is 2.85. The Labute approximate surface area is 121 Å². The zero-order chi connectivity index (χ0) is 14.7. The van der Waals surface area contributed by atoms with Crippen LogP contribution in [0.3, 0.4) is 0 Å². The standard InChI is InChI=1S/C14H13ClN2O3/c1-17(8-12(18)20-2)14(19)11-7-9-5-3-4-6-10(9)13(15)16-11/h3-7H,8H2,1-2H3. The molecule has 1 heterocycles. The largest absolute Gasteiger partial charge is 0.468 e. The van der Waals surface area contributed by atoms with Gasteiger partial charge in [0.2, 0.25) is 0 Å². The molecule has 0 radical (unpaired) electrons. The number of aromatic nitrogens is 1. The van der Waals surface area contributed by atoms with Crippen molar-refractivity contribution in [2.75, 3.05) is 20.7 Å². The topological polar surface area (TPSA) is 59.5 Å². The minimum atomic E-state index is -0.493. The Morgan fingerprint density at radius 3 is 2.75 bits per heavy atom. The Kier molecular flexibility index (Phi) is 4.20. The monoisotopic (exact) mass is 292 g/mol. The van der Waals surface area contributed by atoms with Crippen LogP contribution in [-0.4, -0.2) is 42.5 Å². The van der Waals surface area contributed by atoms with Gasteiger partial charge in [-0.05, 0) is 11.5 Å². The van der Waals surface area contributed by atoms with Crippen LogP contribution in [0.25, 0.3) is 10.8 Å². The molecule has 2 rings (SSSR count). The lowest BCUT2D eigenvalue weighted by atomic mass is 10.1. The third-order valence-corrected chi connectivity index (χ3v) is 3.14. The minimum Gasteiger partial charge on any atom is -0.468 e. The maximum atomic E-state index is 12.2. The summed E-state index contributed by atoms with van der Waals surface area (Å²) in [5.74, 6) is -0.879. The molecule has 1 amide bonds. The Morgan fingerprint density at radius 1 is 1.35 bits per heavy atom. The first-order chi connectivity index (χ1) is 9.52. The molecule has 0 aliphatic carbocycles. The number of rotatable bonds is 3. The Hall–Kier alpha value is -2.14. The second kappa shape index (κ2) is 5.88. The number of halogens is 1. The van der Waals surface area contributed by atoms with Crippen molar-refractivity contribution in [1.82, 2.24) is 9.88 Å². The van der Waals surface area contributed by atoms with E-state index in [1.54, 1.807) is 6.07 Å². The summed E-state index contributed by atoms with van der Waals surface area (Å²) in [6, 6.07) is 9.03. The van der Waals surface area contributed by atoms with E-state index >= 15 is 0 Å². The van der Waals surface area contributed by atoms with E-state index in [-0.39, 0.29) is 23.3 Å². The maximum absolute atomic E-state index is 12.2. The number of nitrogens with zero attached hydrogens (tertiary/aromatic N) is 2. The maximum Gasteiger partial charge on any atom is 0.325 e. The quantitative estimate of drug-likeness (QED) is 0.642. The predicted molar refractivity (Wildman–Crippen MR) is 75.7 cm³/mol. The van der Waals surface area contributed by atoms with Gasteiger partial charge in [-0.15, -0.1) is 0 Å². The highest BCUT2D eigenvalue weighted by Crippen LogP contribution is 2.22. The number of amides is 1. The van der Waals surface area contributed by atoms with E-state index in [0.717, 1.165) is 10.8 Å². The van der Waals surface area contributed by atoms with Crippen LogP contribution in [0.2, 0.25) is 5.15 Å². The number of pyridine rings is 1. The minimum absolute atomic E-state index is 0.137. The molecule has 0 N–H and O–H groups in total. The lowest BCUT2D eigenvalue weighted by Gasteiger charge is -2.15. The Morgan fingerprint density at radius 2 is 2.05 bits per heavy atom. The van der Waals surface area contributed by atoms with Gasteiger partial charge in [0.15, 0.2) is 0 Å². The fourth-order valence-electron chi connectivity index (χ4n) is 1.79. The first-order valence-electron chi connectivity index (χ1n) is 5.90. The van der Waals surface area contributed by atoms with Crippen molar-refractivity contribution in [3.05, 3.63) is 41.2 Å². The van der Waals surface area contributed by atoms with Gasteiger partial charge in [-0.2, -0.15) is 0 Å². The number of carbonyl (C=O) groups excluding carboxylic acids is 2. The molecule has 5 nitrogen and oxygen atoms in total. The van der Waals surface area contributed by atoms with Crippen LogP contribution in [0, 0.1) is 0 Å². The van der Waals surface area contributed by atoms with Gasteiger partial charge >= 0.3 is 5.97 Å². The molecule has 0 unspecified atom stereocenters. The van der Waals surface area contributed by atoms with Gasteiger partial charge in [0.05, 0.1) is 7.11 Å². The van der Waals surface area contributed by atoms with E-state index in [2.05, 4.69) is 9.72 Å². The summed E-state index contributed by atoms with van der Waals surface area (Å²) in [4.78, 5) is 28.7. The summed E-state index contributed by atoms with van der Waals surface area (Å²) in [6.45, 7) is -0.137. The highest BCUT2D eigenvalue weighted by atomic mass is 35.5. The lowest BCUT2D eigenvalue weighted by molar-refractivity contribution is -0.141. The molecule has 0 bridgehead atoms.